The highest BCUT2D eigenvalue weighted by Crippen LogP contribution is 2.67. The summed E-state index contributed by atoms with van der Waals surface area (Å²) in [6.07, 6.45) is 0. The Bertz CT molecular complexity index is 4950. The molecule has 8 atom stereocenters. The maximum absolute atomic E-state index is 16.0. The first-order valence-corrected chi connectivity index (χ1v) is 34.7. The van der Waals surface area contributed by atoms with Gasteiger partial charge in [0.15, 0.2) is 11.6 Å². The highest BCUT2D eigenvalue weighted by Gasteiger charge is 2.71. The Labute approximate surface area is 590 Å². The molecule has 2 aliphatic carbocycles. The van der Waals surface area contributed by atoms with E-state index in [0.717, 1.165) is 77.4 Å². The summed E-state index contributed by atoms with van der Waals surface area (Å²) in [5.41, 5.74) is 10.3. The zero-order valence-corrected chi connectivity index (χ0v) is 57.3. The molecule has 2 spiro atoms. The number of amides is 2. The Hall–Kier alpha value is -11.6. The van der Waals surface area contributed by atoms with E-state index in [-0.39, 0.29) is 49.7 Å². The number of aromatic nitrogens is 2. The molecule has 2 amide bonds. The second kappa shape index (κ2) is 26.5. The van der Waals surface area contributed by atoms with Crippen LogP contribution in [0, 0.1) is 51.2 Å². The van der Waals surface area contributed by atoms with Gasteiger partial charge >= 0.3 is 11.9 Å². The third-order valence-electron chi connectivity index (χ3n) is 21.4. The molecule has 0 saturated heterocycles. The van der Waals surface area contributed by atoms with Crippen molar-refractivity contribution < 1.29 is 47.0 Å². The molecule has 14 heteroatoms. The van der Waals surface area contributed by atoms with Gasteiger partial charge in [-0.3, -0.25) is 28.8 Å². The molecule has 12 nitrogen and oxygen atoms in total. The fourth-order valence-corrected chi connectivity index (χ4v) is 17.1. The monoisotopic (exact) mass is 1350 g/mol. The number of carbonyl (C=O) groups excluding carboxylic acids is 6. The van der Waals surface area contributed by atoms with Gasteiger partial charge in [-0.05, 0) is 135 Å². The Kier molecular flexibility index (Phi) is 17.2. The van der Waals surface area contributed by atoms with Crippen molar-refractivity contribution in [1.82, 2.24) is 9.97 Å². The molecule has 16 rings (SSSR count). The minimum absolute atomic E-state index is 0.0734. The van der Waals surface area contributed by atoms with Crippen molar-refractivity contribution in [2.45, 2.75) is 89.1 Å². The van der Waals surface area contributed by atoms with E-state index >= 15 is 28.0 Å². The van der Waals surface area contributed by atoms with Gasteiger partial charge in [0.25, 0.3) is 0 Å². The topological polar surface area (TPSA) is 159 Å². The minimum Gasteiger partial charge on any atom is -0.465 e. The molecule has 0 radical (unpaired) electrons. The summed E-state index contributed by atoms with van der Waals surface area (Å²) in [4.78, 5) is 102. The van der Waals surface area contributed by atoms with Gasteiger partial charge in [-0.2, -0.15) is 0 Å². The van der Waals surface area contributed by atoms with E-state index in [1.165, 1.54) is 24.3 Å². The van der Waals surface area contributed by atoms with Crippen molar-refractivity contribution in [1.29, 1.82) is 0 Å². The molecule has 0 unspecified atom stereocenters. The summed E-state index contributed by atoms with van der Waals surface area (Å²) in [7, 11) is 0. The van der Waals surface area contributed by atoms with Gasteiger partial charge < -0.3 is 29.2 Å². The molecule has 0 fully saturated rings. The predicted octanol–water partition coefficient (Wildman–Crippen LogP) is 17.4. The number of halogens is 2. The number of nitrogens with one attached hydrogen (secondary N) is 2. The summed E-state index contributed by atoms with van der Waals surface area (Å²) in [6.45, 7) is 11.8. The number of hydrogen-bond donors (Lipinski definition) is 2. The Morgan fingerprint density at radius 3 is 1.11 bits per heavy atom. The number of benzene rings is 10. The lowest BCUT2D eigenvalue weighted by molar-refractivity contribution is -0.149. The molecular weight excluding hydrogens is 1280 g/mol. The molecule has 2 aliphatic heterocycles. The Morgan fingerprint density at radius 1 is 0.422 bits per heavy atom. The molecule has 508 valence electrons. The number of fused-ring (bicyclic) bond motifs is 10. The number of rotatable bonds is 14. The third kappa shape index (κ3) is 10.8. The second-order valence-electron chi connectivity index (χ2n) is 27.4. The number of ketones is 2. The van der Waals surface area contributed by atoms with E-state index < -0.39 is 69.9 Å². The normalized spacial score (nSPS) is 20.7. The maximum Gasteiger partial charge on any atom is 0.315 e. The molecule has 102 heavy (non-hydrogen) atoms. The summed E-state index contributed by atoms with van der Waals surface area (Å²) < 4.78 is 43.2. The van der Waals surface area contributed by atoms with Crippen molar-refractivity contribution in [2.75, 3.05) is 23.0 Å². The standard InChI is InChI=1S/2C44H37FN2O4/c2*1-4-51-42(49)37-39(41(48)30-20-16-27(3)17-21-30)44(33-24-31(45)22-23-35(33)47(43(44)50)25-28-10-6-5-7-11-28)38(29-18-14-26(2)15-19-29)36-32-12-8-9-13-34(32)46-40(36)37/h2*5-24,37-39,46H,4,25H2,1-3H3/t2*37-,38+,39+,44-/m10/s1. The van der Waals surface area contributed by atoms with E-state index in [4.69, 9.17) is 9.47 Å². The van der Waals surface area contributed by atoms with Crippen LogP contribution in [0.5, 0.6) is 0 Å². The predicted molar refractivity (Wildman–Crippen MR) is 391 cm³/mol. The number of ether oxygens (including phenoxy) is 2. The van der Waals surface area contributed by atoms with Gasteiger partial charge in [-0.1, -0.05) is 216 Å². The zero-order chi connectivity index (χ0) is 70.9. The Balaban J connectivity index is 0.000000165. The highest BCUT2D eigenvalue weighted by molar-refractivity contribution is 6.18. The van der Waals surface area contributed by atoms with Crippen molar-refractivity contribution in [3.63, 3.8) is 0 Å². The van der Waals surface area contributed by atoms with Crippen molar-refractivity contribution >= 4 is 68.5 Å². The van der Waals surface area contributed by atoms with E-state index in [9.17, 15) is 9.59 Å². The molecule has 2 N–H and O–H groups in total. The number of Topliss-reactive ketones (excluding diaryl/α,β-unsaturated/α-hetero) is 2. The lowest BCUT2D eigenvalue weighted by Crippen LogP contribution is -2.58. The SMILES string of the molecule is CCOC(=O)[C@@H]1c2[nH]c3ccccc3c2[C@@H](c2ccc(C)cc2)[C@]2(C(=O)N(Cc3ccccc3)c3ccc(F)cc32)[C@H]1C(=O)c1ccc(C)cc1.CCOC(=O)[C@H]1c2[nH]c3ccccc3c2[C@H](c2ccc(C)cc2)[C@@]2(C(=O)N(Cc3ccccc3)c3ccc(F)cc32)[C@@H]1C(=O)c1ccc(C)cc1. The van der Waals surface area contributed by atoms with Crippen molar-refractivity contribution in [3.05, 3.63) is 344 Å². The number of aromatic amines is 2. The minimum atomic E-state index is -1.75. The first-order valence-electron chi connectivity index (χ1n) is 34.7. The number of aryl methyl sites for hydroxylation is 4. The molecule has 0 bridgehead atoms. The summed E-state index contributed by atoms with van der Waals surface area (Å²) in [5, 5.41) is 1.64. The first kappa shape index (κ1) is 66.3. The van der Waals surface area contributed by atoms with Gasteiger partial charge in [0.2, 0.25) is 11.8 Å². The van der Waals surface area contributed by atoms with E-state index in [2.05, 4.69) is 9.97 Å². The number of H-pyrrole nitrogens is 2. The second-order valence-corrected chi connectivity index (χ2v) is 27.4. The van der Waals surface area contributed by atoms with Crippen molar-refractivity contribution in [3.8, 4) is 0 Å². The fourth-order valence-electron chi connectivity index (χ4n) is 17.1. The van der Waals surface area contributed by atoms with E-state index in [1.54, 1.807) is 60.0 Å². The number of esters is 2. The van der Waals surface area contributed by atoms with Gasteiger partial charge in [0, 0.05) is 67.5 Å². The fraction of sp³-hybridized carbons (Fsp3) is 0.205. The lowest BCUT2D eigenvalue weighted by atomic mass is 9.50. The number of anilines is 2. The molecule has 12 aromatic rings. The van der Waals surface area contributed by atoms with Crippen LogP contribution >= 0.6 is 0 Å². The third-order valence-corrected chi connectivity index (χ3v) is 21.4. The molecule has 2 aromatic heterocycles. The summed E-state index contributed by atoms with van der Waals surface area (Å²) in [5.74, 6) is -10.4. The van der Waals surface area contributed by atoms with E-state index in [1.807, 2.05) is 210 Å². The van der Waals surface area contributed by atoms with Crippen LogP contribution in [0.4, 0.5) is 20.2 Å². The number of para-hydroxylation sites is 2. The average molecular weight is 1350 g/mol. The highest BCUT2D eigenvalue weighted by atomic mass is 19.1. The first-order chi connectivity index (χ1) is 49.5. The van der Waals surface area contributed by atoms with Gasteiger partial charge in [0.05, 0.1) is 49.0 Å². The van der Waals surface area contributed by atoms with Crippen LogP contribution in [-0.2, 0) is 52.6 Å². The molecule has 0 saturated carbocycles. The molecule has 10 aromatic carbocycles. The van der Waals surface area contributed by atoms with E-state index in [0.29, 0.717) is 45.0 Å². The number of hydrogen-bond acceptors (Lipinski definition) is 8. The van der Waals surface area contributed by atoms with Crippen LogP contribution in [0.3, 0.4) is 0 Å². The Morgan fingerprint density at radius 2 is 0.755 bits per heavy atom. The van der Waals surface area contributed by atoms with Crippen LogP contribution < -0.4 is 9.80 Å². The number of carbonyl (C=O) groups is 6. The largest absolute Gasteiger partial charge is 0.465 e. The smallest absolute Gasteiger partial charge is 0.315 e. The summed E-state index contributed by atoms with van der Waals surface area (Å²) in [6, 6.07) is 73.6. The van der Waals surface area contributed by atoms with Crippen LogP contribution in [0.2, 0.25) is 0 Å². The van der Waals surface area contributed by atoms with Crippen LogP contribution in [0.15, 0.2) is 243 Å². The van der Waals surface area contributed by atoms with Crippen molar-refractivity contribution in [2.24, 2.45) is 11.8 Å². The van der Waals surface area contributed by atoms with Crippen LogP contribution in [0.25, 0.3) is 21.8 Å². The van der Waals surface area contributed by atoms with Gasteiger partial charge in [-0.15, -0.1) is 0 Å². The molecule has 4 aliphatic rings. The quantitative estimate of drug-likeness (QED) is 0.0804. The zero-order valence-electron chi connectivity index (χ0n) is 57.3. The van der Waals surface area contributed by atoms with Gasteiger partial charge in [0.1, 0.15) is 23.5 Å². The van der Waals surface area contributed by atoms with Crippen LogP contribution in [0.1, 0.15) is 136 Å². The summed E-state index contributed by atoms with van der Waals surface area (Å²) >= 11 is 0. The lowest BCUT2D eigenvalue weighted by Gasteiger charge is -2.48. The molecular formula is C88H74F2N4O8. The maximum atomic E-state index is 16.0. The average Bonchev–Trinajstić information content (AvgIpc) is 1.48. The van der Waals surface area contributed by atoms with Gasteiger partial charge in [-0.25, -0.2) is 8.78 Å². The van der Waals surface area contributed by atoms with Crippen LogP contribution in [-0.4, -0.2) is 58.5 Å². The molecule has 4 heterocycles. The number of nitrogens with zero attached hydrogens (tertiary/aromatic N) is 2.